The van der Waals surface area contributed by atoms with E-state index < -0.39 is 0 Å². The van der Waals surface area contributed by atoms with Crippen LogP contribution in [0.5, 0.6) is 0 Å². The summed E-state index contributed by atoms with van der Waals surface area (Å²) in [4.78, 5) is 35.6. The van der Waals surface area contributed by atoms with Crippen LogP contribution in [0.1, 0.15) is 42.1 Å². The lowest BCUT2D eigenvalue weighted by molar-refractivity contribution is 0.0644. The zero-order valence-corrected chi connectivity index (χ0v) is 22.3. The third-order valence-corrected chi connectivity index (χ3v) is 7.30. The SMILES string of the molecule is CCOC(=O)N1CC=C(c2cccn3nc(Nc4ccc(C(=O)N(C)C5CCCN(C)C5)cc4)nc23)CC1. The second kappa shape index (κ2) is 11.2. The highest BCUT2D eigenvalue weighted by Crippen LogP contribution is 2.27. The number of likely N-dealkylation sites (tertiary alicyclic amines) is 1. The number of aromatic nitrogens is 3. The van der Waals surface area contributed by atoms with E-state index in [0.717, 1.165) is 54.8 Å². The van der Waals surface area contributed by atoms with Gasteiger partial charge in [-0.1, -0.05) is 6.08 Å². The number of hydrogen-bond donors (Lipinski definition) is 1. The van der Waals surface area contributed by atoms with Crippen LogP contribution in [-0.4, -0.2) is 94.2 Å². The van der Waals surface area contributed by atoms with Crippen molar-refractivity contribution in [1.82, 2.24) is 29.3 Å². The van der Waals surface area contributed by atoms with Crippen LogP contribution in [0.4, 0.5) is 16.4 Å². The third kappa shape index (κ3) is 5.50. The monoisotopic (exact) mass is 517 g/mol. The summed E-state index contributed by atoms with van der Waals surface area (Å²) in [5.74, 6) is 0.512. The van der Waals surface area contributed by atoms with E-state index in [1.165, 1.54) is 0 Å². The van der Waals surface area contributed by atoms with Gasteiger partial charge in [-0.25, -0.2) is 9.31 Å². The van der Waals surface area contributed by atoms with Crippen molar-refractivity contribution < 1.29 is 14.3 Å². The first-order chi connectivity index (χ1) is 18.4. The van der Waals surface area contributed by atoms with Gasteiger partial charge in [0.2, 0.25) is 5.95 Å². The van der Waals surface area contributed by atoms with Crippen LogP contribution >= 0.6 is 0 Å². The number of hydrogen-bond acceptors (Lipinski definition) is 7. The summed E-state index contributed by atoms with van der Waals surface area (Å²) in [5.41, 5.74) is 4.34. The molecule has 0 aliphatic carbocycles. The van der Waals surface area contributed by atoms with Gasteiger partial charge in [0, 0.05) is 55.7 Å². The van der Waals surface area contributed by atoms with Crippen LogP contribution in [-0.2, 0) is 4.74 Å². The molecule has 1 unspecified atom stereocenters. The lowest BCUT2D eigenvalue weighted by Crippen LogP contribution is -2.47. The minimum atomic E-state index is -0.282. The van der Waals surface area contributed by atoms with Crippen molar-refractivity contribution in [2.75, 3.05) is 52.2 Å². The zero-order chi connectivity index (χ0) is 26.6. The van der Waals surface area contributed by atoms with Crippen molar-refractivity contribution in [1.29, 1.82) is 0 Å². The van der Waals surface area contributed by atoms with E-state index in [4.69, 9.17) is 9.72 Å². The van der Waals surface area contributed by atoms with E-state index in [0.29, 0.717) is 31.2 Å². The Morgan fingerprint density at radius 3 is 2.71 bits per heavy atom. The number of carbonyl (C=O) groups excluding carboxylic acids is 2. The molecule has 2 aliphatic heterocycles. The van der Waals surface area contributed by atoms with E-state index in [9.17, 15) is 9.59 Å². The number of anilines is 2. The molecule has 2 aliphatic rings. The molecule has 1 N–H and O–H groups in total. The largest absolute Gasteiger partial charge is 0.450 e. The number of nitrogens with zero attached hydrogens (tertiary/aromatic N) is 6. The molecule has 2 amide bonds. The molecule has 10 nitrogen and oxygen atoms in total. The van der Waals surface area contributed by atoms with E-state index >= 15 is 0 Å². The molecule has 38 heavy (non-hydrogen) atoms. The van der Waals surface area contributed by atoms with E-state index in [-0.39, 0.29) is 18.0 Å². The van der Waals surface area contributed by atoms with E-state index in [1.54, 1.807) is 9.42 Å². The van der Waals surface area contributed by atoms with Crippen LogP contribution in [0.2, 0.25) is 0 Å². The fraction of sp³-hybridized carbons (Fsp3) is 0.429. The van der Waals surface area contributed by atoms with Crippen molar-refractivity contribution in [3.05, 3.63) is 59.8 Å². The third-order valence-electron chi connectivity index (χ3n) is 7.30. The van der Waals surface area contributed by atoms with Gasteiger partial charge in [-0.3, -0.25) is 4.79 Å². The van der Waals surface area contributed by atoms with Crippen LogP contribution in [0.15, 0.2) is 48.7 Å². The predicted octanol–water partition coefficient (Wildman–Crippen LogP) is 3.88. The molecule has 0 spiro atoms. The van der Waals surface area contributed by atoms with Crippen molar-refractivity contribution in [2.24, 2.45) is 0 Å². The Hall–Kier alpha value is -3.92. The van der Waals surface area contributed by atoms with Gasteiger partial charge in [-0.05, 0) is 81.7 Å². The first-order valence-corrected chi connectivity index (χ1v) is 13.2. The number of amides is 2. The number of piperidine rings is 1. The molecule has 1 atom stereocenters. The number of carbonyl (C=O) groups is 2. The highest BCUT2D eigenvalue weighted by molar-refractivity contribution is 5.94. The first kappa shape index (κ1) is 25.7. The van der Waals surface area contributed by atoms with Crippen molar-refractivity contribution in [2.45, 2.75) is 32.2 Å². The average molecular weight is 518 g/mol. The molecule has 1 fully saturated rings. The van der Waals surface area contributed by atoms with Crippen molar-refractivity contribution in [3.8, 4) is 0 Å². The van der Waals surface area contributed by atoms with E-state index in [1.807, 2.05) is 61.5 Å². The quantitative estimate of drug-likeness (QED) is 0.530. The summed E-state index contributed by atoms with van der Waals surface area (Å²) < 4.78 is 6.87. The topological polar surface area (TPSA) is 95.3 Å². The Bertz CT molecular complexity index is 1330. The molecule has 0 saturated carbocycles. The number of pyridine rings is 1. The summed E-state index contributed by atoms with van der Waals surface area (Å²) >= 11 is 0. The Morgan fingerprint density at radius 1 is 1.18 bits per heavy atom. The minimum Gasteiger partial charge on any atom is -0.450 e. The summed E-state index contributed by atoms with van der Waals surface area (Å²) in [6.07, 6.45) is 6.50. The lowest BCUT2D eigenvalue weighted by atomic mass is 10.0. The molecule has 2 aromatic heterocycles. The summed E-state index contributed by atoms with van der Waals surface area (Å²) in [5, 5.41) is 7.85. The van der Waals surface area contributed by atoms with Crippen molar-refractivity contribution in [3.63, 3.8) is 0 Å². The van der Waals surface area contributed by atoms with Gasteiger partial charge in [0.25, 0.3) is 5.91 Å². The molecule has 1 aromatic carbocycles. The minimum absolute atomic E-state index is 0.0367. The Kier molecular flexibility index (Phi) is 7.59. The Balaban J connectivity index is 1.27. The maximum atomic E-state index is 13.0. The van der Waals surface area contributed by atoms with Gasteiger partial charge in [-0.2, -0.15) is 4.98 Å². The normalized spacial score (nSPS) is 18.2. The number of benzene rings is 1. The standard InChI is InChI=1S/C28H35N7O3/c1-4-38-28(37)34-17-13-20(14-18-34)24-8-6-16-35-25(24)30-27(31-35)29-22-11-9-21(10-12-22)26(36)33(3)23-7-5-15-32(2)19-23/h6,8-13,16,23H,4-5,7,14-15,17-19H2,1-3H3,(H,29,31). The zero-order valence-electron chi connectivity index (χ0n) is 22.3. The van der Waals surface area contributed by atoms with Gasteiger partial charge >= 0.3 is 6.09 Å². The molecule has 5 rings (SSSR count). The number of likely N-dealkylation sites (N-methyl/N-ethyl adjacent to an activating group) is 2. The second-order valence-corrected chi connectivity index (χ2v) is 9.93. The number of rotatable bonds is 6. The van der Waals surface area contributed by atoms with Crippen LogP contribution in [0.25, 0.3) is 11.2 Å². The number of nitrogens with one attached hydrogen (secondary N) is 1. The van der Waals surface area contributed by atoms with Crippen LogP contribution < -0.4 is 5.32 Å². The fourth-order valence-corrected chi connectivity index (χ4v) is 5.15. The summed E-state index contributed by atoms with van der Waals surface area (Å²) in [6, 6.07) is 11.7. The summed E-state index contributed by atoms with van der Waals surface area (Å²) in [6.45, 7) is 5.28. The second-order valence-electron chi connectivity index (χ2n) is 9.93. The van der Waals surface area contributed by atoms with Gasteiger partial charge in [0.1, 0.15) is 0 Å². The molecular weight excluding hydrogens is 482 g/mol. The van der Waals surface area contributed by atoms with Gasteiger partial charge in [0.05, 0.1) is 6.61 Å². The lowest BCUT2D eigenvalue weighted by Gasteiger charge is -2.35. The number of ether oxygens (including phenoxy) is 1. The Morgan fingerprint density at radius 2 is 2.00 bits per heavy atom. The van der Waals surface area contributed by atoms with E-state index in [2.05, 4.69) is 28.4 Å². The molecule has 0 bridgehead atoms. The average Bonchev–Trinajstić information content (AvgIpc) is 3.35. The molecule has 0 radical (unpaired) electrons. The molecule has 1 saturated heterocycles. The number of fused-ring (bicyclic) bond motifs is 1. The highest BCUT2D eigenvalue weighted by Gasteiger charge is 2.25. The van der Waals surface area contributed by atoms with Gasteiger partial charge < -0.3 is 24.8 Å². The van der Waals surface area contributed by atoms with Crippen LogP contribution in [0.3, 0.4) is 0 Å². The fourth-order valence-electron chi connectivity index (χ4n) is 5.15. The summed E-state index contributed by atoms with van der Waals surface area (Å²) in [7, 11) is 4.00. The predicted molar refractivity (Wildman–Crippen MR) is 147 cm³/mol. The molecular formula is C28H35N7O3. The van der Waals surface area contributed by atoms with Crippen LogP contribution in [0, 0.1) is 0 Å². The highest BCUT2D eigenvalue weighted by atomic mass is 16.6. The molecule has 10 heteroatoms. The maximum absolute atomic E-state index is 13.0. The smallest absolute Gasteiger partial charge is 0.410 e. The van der Waals surface area contributed by atoms with Gasteiger partial charge in [-0.15, -0.1) is 5.10 Å². The molecule has 3 aromatic rings. The maximum Gasteiger partial charge on any atom is 0.410 e. The Labute approximate surface area is 222 Å². The molecule has 200 valence electrons. The first-order valence-electron chi connectivity index (χ1n) is 13.2. The molecule has 4 heterocycles. The van der Waals surface area contributed by atoms with Crippen molar-refractivity contribution >= 4 is 34.9 Å². The van der Waals surface area contributed by atoms with Gasteiger partial charge in [0.15, 0.2) is 5.65 Å².